The third-order valence-corrected chi connectivity index (χ3v) is 4.29. The molecule has 3 heterocycles. The van der Waals surface area contributed by atoms with E-state index in [-0.39, 0.29) is 0 Å². The Bertz CT molecular complexity index is 294. The van der Waals surface area contributed by atoms with Gasteiger partial charge in [0.15, 0.2) is 0 Å². The van der Waals surface area contributed by atoms with Crippen molar-refractivity contribution < 1.29 is 0 Å². The monoisotopic (exact) mass is 223 g/mol. The number of nitrogens with zero attached hydrogens (tertiary/aromatic N) is 1. The average Bonchev–Trinajstić information content (AvgIpc) is 3.02. The van der Waals surface area contributed by atoms with Crippen LogP contribution in [0.15, 0.2) is 5.38 Å². The number of nitrogens with one attached hydrogen (secondary N) is 2. The highest BCUT2D eigenvalue weighted by Crippen LogP contribution is 2.30. The van der Waals surface area contributed by atoms with E-state index < -0.39 is 0 Å². The Hall–Kier alpha value is -0.450. The van der Waals surface area contributed by atoms with E-state index in [9.17, 15) is 0 Å². The zero-order valence-electron chi connectivity index (χ0n) is 8.83. The normalized spacial score (nSPS) is 31.2. The molecular weight excluding hydrogens is 206 g/mol. The number of thiazole rings is 1. The average molecular weight is 223 g/mol. The van der Waals surface area contributed by atoms with Crippen LogP contribution in [0.3, 0.4) is 0 Å². The molecule has 2 aliphatic heterocycles. The highest BCUT2D eigenvalue weighted by Gasteiger charge is 2.23. The molecule has 1 aromatic heterocycles. The topological polar surface area (TPSA) is 37.0 Å². The van der Waals surface area contributed by atoms with Gasteiger partial charge in [-0.1, -0.05) is 0 Å². The molecule has 15 heavy (non-hydrogen) atoms. The van der Waals surface area contributed by atoms with Crippen LogP contribution >= 0.6 is 11.3 Å². The second kappa shape index (κ2) is 4.20. The zero-order chi connectivity index (χ0) is 10.1. The molecule has 0 saturated carbocycles. The molecule has 2 atom stereocenters. The molecule has 2 aliphatic rings. The molecule has 0 bridgehead atoms. The van der Waals surface area contributed by atoms with E-state index >= 15 is 0 Å². The van der Waals surface area contributed by atoms with Crippen molar-refractivity contribution in [3.63, 3.8) is 0 Å². The highest BCUT2D eigenvalue weighted by atomic mass is 32.1. The third kappa shape index (κ3) is 1.94. The molecule has 2 unspecified atom stereocenters. The number of hydrogen-bond donors (Lipinski definition) is 2. The Labute approximate surface area is 94.3 Å². The summed E-state index contributed by atoms with van der Waals surface area (Å²) in [4.78, 5) is 4.77. The molecule has 3 nitrogen and oxygen atoms in total. The molecule has 82 valence electrons. The summed E-state index contributed by atoms with van der Waals surface area (Å²) in [5, 5.41) is 10.5. The Morgan fingerprint density at radius 1 is 1.13 bits per heavy atom. The molecule has 0 spiro atoms. The van der Waals surface area contributed by atoms with Gasteiger partial charge >= 0.3 is 0 Å². The van der Waals surface area contributed by atoms with Crippen molar-refractivity contribution in [1.82, 2.24) is 15.6 Å². The van der Waals surface area contributed by atoms with Crippen LogP contribution in [0.25, 0.3) is 0 Å². The van der Waals surface area contributed by atoms with Crippen LogP contribution < -0.4 is 10.6 Å². The Morgan fingerprint density at radius 3 is 2.53 bits per heavy atom. The van der Waals surface area contributed by atoms with Gasteiger partial charge in [-0.2, -0.15) is 0 Å². The van der Waals surface area contributed by atoms with Gasteiger partial charge < -0.3 is 10.6 Å². The van der Waals surface area contributed by atoms with Gasteiger partial charge in [-0.05, 0) is 38.8 Å². The van der Waals surface area contributed by atoms with Gasteiger partial charge in [0.25, 0.3) is 0 Å². The lowest BCUT2D eigenvalue weighted by Gasteiger charge is -2.07. The van der Waals surface area contributed by atoms with Crippen LogP contribution in [0.2, 0.25) is 0 Å². The van der Waals surface area contributed by atoms with E-state index in [0.717, 1.165) is 13.1 Å². The van der Waals surface area contributed by atoms with Crippen molar-refractivity contribution in [2.45, 2.75) is 37.8 Å². The second-order valence-electron chi connectivity index (χ2n) is 4.41. The SMILES string of the molecule is c1sc(C2CCCN2)nc1C1CCCN1. The molecule has 2 N–H and O–H groups in total. The van der Waals surface area contributed by atoms with Crippen molar-refractivity contribution >= 4 is 11.3 Å². The quantitative estimate of drug-likeness (QED) is 0.805. The van der Waals surface area contributed by atoms with Crippen molar-refractivity contribution in [3.05, 3.63) is 16.1 Å². The summed E-state index contributed by atoms with van der Waals surface area (Å²) in [7, 11) is 0. The highest BCUT2D eigenvalue weighted by molar-refractivity contribution is 7.09. The molecular formula is C11H17N3S. The standard InChI is InChI=1S/C11H17N3S/c1-3-8(12-5-1)10-7-15-11(14-10)9-4-2-6-13-9/h7-9,12-13H,1-6H2. The molecule has 2 fully saturated rings. The van der Waals surface area contributed by atoms with Gasteiger partial charge in [0.2, 0.25) is 0 Å². The maximum Gasteiger partial charge on any atom is 0.110 e. The molecule has 4 heteroatoms. The van der Waals surface area contributed by atoms with Gasteiger partial charge in [0.1, 0.15) is 5.01 Å². The zero-order valence-corrected chi connectivity index (χ0v) is 9.65. The van der Waals surface area contributed by atoms with Gasteiger partial charge in [0.05, 0.1) is 17.8 Å². The molecule has 2 saturated heterocycles. The minimum atomic E-state index is 0.524. The molecule has 0 aromatic carbocycles. The van der Waals surface area contributed by atoms with Crippen molar-refractivity contribution in [2.75, 3.05) is 13.1 Å². The summed E-state index contributed by atoms with van der Waals surface area (Å²) >= 11 is 1.82. The maximum atomic E-state index is 4.77. The van der Waals surface area contributed by atoms with Crippen molar-refractivity contribution in [3.8, 4) is 0 Å². The predicted molar refractivity (Wildman–Crippen MR) is 62.1 cm³/mol. The largest absolute Gasteiger partial charge is 0.309 e. The van der Waals surface area contributed by atoms with Crippen LogP contribution in [0.1, 0.15) is 48.5 Å². The minimum absolute atomic E-state index is 0.524. The fraction of sp³-hybridized carbons (Fsp3) is 0.727. The molecule has 0 amide bonds. The van der Waals surface area contributed by atoms with Crippen LogP contribution in [-0.4, -0.2) is 18.1 Å². The summed E-state index contributed by atoms with van der Waals surface area (Å²) in [6.45, 7) is 2.31. The lowest BCUT2D eigenvalue weighted by Crippen LogP contribution is -2.15. The first-order valence-electron chi connectivity index (χ1n) is 5.85. The minimum Gasteiger partial charge on any atom is -0.309 e. The molecule has 3 rings (SSSR count). The number of hydrogen-bond acceptors (Lipinski definition) is 4. The van der Waals surface area contributed by atoms with Crippen LogP contribution in [0, 0.1) is 0 Å². The number of aromatic nitrogens is 1. The lowest BCUT2D eigenvalue weighted by atomic mass is 10.2. The van der Waals surface area contributed by atoms with Gasteiger partial charge in [0, 0.05) is 5.38 Å². The summed E-state index contributed by atoms with van der Waals surface area (Å²) < 4.78 is 0. The predicted octanol–water partition coefficient (Wildman–Crippen LogP) is 1.99. The first-order chi connectivity index (χ1) is 7.43. The van der Waals surface area contributed by atoms with E-state index in [2.05, 4.69) is 16.0 Å². The van der Waals surface area contributed by atoms with Crippen LogP contribution in [0.5, 0.6) is 0 Å². The van der Waals surface area contributed by atoms with Crippen LogP contribution in [-0.2, 0) is 0 Å². The third-order valence-electron chi connectivity index (χ3n) is 3.32. The fourth-order valence-corrected chi connectivity index (χ4v) is 3.44. The Morgan fingerprint density at radius 2 is 1.87 bits per heavy atom. The summed E-state index contributed by atoms with van der Waals surface area (Å²) in [5.41, 5.74) is 1.27. The Balaban J connectivity index is 1.74. The summed E-state index contributed by atoms with van der Waals surface area (Å²) in [6, 6.07) is 1.06. The summed E-state index contributed by atoms with van der Waals surface area (Å²) in [6.07, 6.45) is 5.09. The smallest absolute Gasteiger partial charge is 0.110 e. The van der Waals surface area contributed by atoms with Gasteiger partial charge in [-0.15, -0.1) is 11.3 Å². The maximum absolute atomic E-state index is 4.77. The second-order valence-corrected chi connectivity index (χ2v) is 5.30. The van der Waals surface area contributed by atoms with Crippen LogP contribution in [0.4, 0.5) is 0 Å². The lowest BCUT2D eigenvalue weighted by molar-refractivity contribution is 0.608. The first-order valence-corrected chi connectivity index (χ1v) is 6.73. The van der Waals surface area contributed by atoms with Gasteiger partial charge in [-0.3, -0.25) is 0 Å². The first kappa shape index (κ1) is 9.75. The number of rotatable bonds is 2. The van der Waals surface area contributed by atoms with E-state index in [0.29, 0.717) is 12.1 Å². The molecule has 0 aliphatic carbocycles. The molecule has 1 aromatic rings. The van der Waals surface area contributed by atoms with Crippen molar-refractivity contribution in [1.29, 1.82) is 0 Å². The summed E-state index contributed by atoms with van der Waals surface area (Å²) in [5.74, 6) is 0. The fourth-order valence-electron chi connectivity index (χ4n) is 2.45. The van der Waals surface area contributed by atoms with Gasteiger partial charge in [-0.25, -0.2) is 4.98 Å². The van der Waals surface area contributed by atoms with Crippen molar-refractivity contribution in [2.24, 2.45) is 0 Å². The molecule has 0 radical (unpaired) electrons. The van der Waals surface area contributed by atoms with E-state index in [1.54, 1.807) is 0 Å². The Kier molecular flexibility index (Phi) is 2.73. The van der Waals surface area contributed by atoms with E-state index in [4.69, 9.17) is 4.98 Å². The van der Waals surface area contributed by atoms with E-state index in [1.807, 2.05) is 11.3 Å². The van der Waals surface area contributed by atoms with E-state index in [1.165, 1.54) is 36.4 Å².